The number of nitrogens with two attached hydrogens (primary N) is 1. The number of aryl methyl sites for hydroxylation is 1. The highest BCUT2D eigenvalue weighted by atomic mass is 15.2. The summed E-state index contributed by atoms with van der Waals surface area (Å²) in [7, 11) is 0. The lowest BCUT2D eigenvalue weighted by Crippen LogP contribution is -2.34. The van der Waals surface area contributed by atoms with E-state index in [4.69, 9.17) is 5.73 Å². The van der Waals surface area contributed by atoms with Crippen LogP contribution in [0.1, 0.15) is 63.1 Å². The molecule has 2 heteroatoms. The third-order valence-corrected chi connectivity index (χ3v) is 5.02. The van der Waals surface area contributed by atoms with Crippen LogP contribution in [0.25, 0.3) is 0 Å². The Morgan fingerprint density at radius 2 is 1.90 bits per heavy atom. The first kappa shape index (κ1) is 16.5. The molecule has 2 rings (SSSR count). The van der Waals surface area contributed by atoms with Gasteiger partial charge in [0.2, 0.25) is 0 Å². The molecule has 1 aliphatic rings. The summed E-state index contributed by atoms with van der Waals surface area (Å²) in [6, 6.07) is 9.48. The molecule has 0 amide bonds. The van der Waals surface area contributed by atoms with E-state index in [1.807, 2.05) is 0 Å². The van der Waals surface area contributed by atoms with Gasteiger partial charge in [0.1, 0.15) is 0 Å². The zero-order valence-electron chi connectivity index (χ0n) is 13.9. The van der Waals surface area contributed by atoms with Crippen molar-refractivity contribution in [3.8, 4) is 0 Å². The van der Waals surface area contributed by atoms with Gasteiger partial charge in [-0.1, -0.05) is 51.0 Å². The predicted molar refractivity (Wildman–Crippen MR) is 91.4 cm³/mol. The summed E-state index contributed by atoms with van der Waals surface area (Å²) in [6.45, 7) is 7.66. The number of hydrogen-bond donors (Lipinski definition) is 1. The third-order valence-electron chi connectivity index (χ3n) is 5.02. The van der Waals surface area contributed by atoms with Gasteiger partial charge in [-0.2, -0.15) is 0 Å². The number of rotatable bonds is 6. The molecule has 0 aliphatic carbocycles. The van der Waals surface area contributed by atoms with Gasteiger partial charge < -0.3 is 5.73 Å². The highest BCUT2D eigenvalue weighted by molar-refractivity contribution is 5.25. The molecule has 1 aromatic rings. The lowest BCUT2D eigenvalue weighted by Gasteiger charge is -2.30. The molecular formula is C19H32N2. The molecule has 1 fully saturated rings. The van der Waals surface area contributed by atoms with Crippen molar-refractivity contribution >= 4 is 0 Å². The van der Waals surface area contributed by atoms with E-state index in [-0.39, 0.29) is 0 Å². The standard InChI is InChI=1S/C19H32N2/c1-3-6-17-7-5-13-21(14-12-17)19(15-20)18-10-8-16(4-2)9-11-18/h8-11,17,19H,3-7,12-15,20H2,1-2H3. The summed E-state index contributed by atoms with van der Waals surface area (Å²) in [5.74, 6) is 0.931. The number of benzene rings is 1. The van der Waals surface area contributed by atoms with Crippen molar-refractivity contribution in [3.05, 3.63) is 35.4 Å². The number of nitrogens with zero attached hydrogens (tertiary/aromatic N) is 1. The molecule has 1 heterocycles. The fourth-order valence-electron chi connectivity index (χ4n) is 3.67. The van der Waals surface area contributed by atoms with Crippen molar-refractivity contribution in [2.45, 2.75) is 58.4 Å². The van der Waals surface area contributed by atoms with E-state index in [9.17, 15) is 0 Å². The molecule has 2 N–H and O–H groups in total. The average molecular weight is 288 g/mol. The fraction of sp³-hybridized carbons (Fsp3) is 0.684. The minimum atomic E-state index is 0.399. The van der Waals surface area contributed by atoms with Crippen molar-refractivity contribution in [1.29, 1.82) is 0 Å². The van der Waals surface area contributed by atoms with Crippen LogP contribution in [0.5, 0.6) is 0 Å². The molecule has 2 nitrogen and oxygen atoms in total. The fourth-order valence-corrected chi connectivity index (χ4v) is 3.67. The molecule has 0 radical (unpaired) electrons. The second-order valence-electron chi connectivity index (χ2n) is 6.47. The van der Waals surface area contributed by atoms with E-state index in [1.54, 1.807) is 0 Å². The number of hydrogen-bond acceptors (Lipinski definition) is 2. The Hall–Kier alpha value is -0.860. The maximum absolute atomic E-state index is 6.11. The summed E-state index contributed by atoms with van der Waals surface area (Å²) in [5, 5.41) is 0. The monoisotopic (exact) mass is 288 g/mol. The Labute approximate surface area is 130 Å². The number of likely N-dealkylation sites (tertiary alicyclic amines) is 1. The highest BCUT2D eigenvalue weighted by Crippen LogP contribution is 2.27. The molecule has 2 atom stereocenters. The molecule has 1 aromatic carbocycles. The Morgan fingerprint density at radius 3 is 2.52 bits per heavy atom. The maximum atomic E-state index is 6.11. The minimum Gasteiger partial charge on any atom is -0.329 e. The molecule has 118 valence electrons. The van der Waals surface area contributed by atoms with Crippen molar-refractivity contribution in [3.63, 3.8) is 0 Å². The van der Waals surface area contributed by atoms with Gasteiger partial charge in [-0.15, -0.1) is 0 Å². The first-order valence-electron chi connectivity index (χ1n) is 8.81. The van der Waals surface area contributed by atoms with Gasteiger partial charge >= 0.3 is 0 Å². The van der Waals surface area contributed by atoms with Gasteiger partial charge in [0.05, 0.1) is 0 Å². The van der Waals surface area contributed by atoms with Crippen LogP contribution in [0.3, 0.4) is 0 Å². The van der Waals surface area contributed by atoms with E-state index in [1.165, 1.54) is 56.3 Å². The topological polar surface area (TPSA) is 29.3 Å². The van der Waals surface area contributed by atoms with Gasteiger partial charge in [0.25, 0.3) is 0 Å². The van der Waals surface area contributed by atoms with E-state index < -0.39 is 0 Å². The van der Waals surface area contributed by atoms with Gasteiger partial charge in [-0.05, 0) is 55.8 Å². The second kappa shape index (κ2) is 8.55. The van der Waals surface area contributed by atoms with E-state index in [2.05, 4.69) is 43.0 Å². The lowest BCUT2D eigenvalue weighted by molar-refractivity contribution is 0.206. The summed E-state index contributed by atoms with van der Waals surface area (Å²) >= 11 is 0. The first-order valence-corrected chi connectivity index (χ1v) is 8.81. The quantitative estimate of drug-likeness (QED) is 0.852. The van der Waals surface area contributed by atoms with Crippen molar-refractivity contribution in [2.24, 2.45) is 11.7 Å². The maximum Gasteiger partial charge on any atom is 0.0470 e. The zero-order valence-corrected chi connectivity index (χ0v) is 13.9. The third kappa shape index (κ3) is 4.55. The molecule has 0 spiro atoms. The smallest absolute Gasteiger partial charge is 0.0470 e. The molecule has 0 bridgehead atoms. The van der Waals surface area contributed by atoms with Gasteiger partial charge in [0.15, 0.2) is 0 Å². The average Bonchev–Trinajstić information content (AvgIpc) is 2.75. The molecule has 2 unspecified atom stereocenters. The minimum absolute atomic E-state index is 0.399. The van der Waals surface area contributed by atoms with Crippen molar-refractivity contribution in [1.82, 2.24) is 4.90 Å². The van der Waals surface area contributed by atoms with Crippen LogP contribution in [-0.4, -0.2) is 24.5 Å². The lowest BCUT2D eigenvalue weighted by atomic mass is 9.96. The Kier molecular flexibility index (Phi) is 6.72. The molecule has 1 saturated heterocycles. The van der Waals surface area contributed by atoms with Crippen LogP contribution < -0.4 is 5.73 Å². The van der Waals surface area contributed by atoms with Crippen LogP contribution in [0.4, 0.5) is 0 Å². The first-order chi connectivity index (χ1) is 10.3. The highest BCUT2D eigenvalue weighted by Gasteiger charge is 2.23. The zero-order chi connectivity index (χ0) is 15.1. The molecule has 0 saturated carbocycles. The van der Waals surface area contributed by atoms with Crippen LogP contribution in [0, 0.1) is 5.92 Å². The summed E-state index contributed by atoms with van der Waals surface area (Å²) in [5.41, 5.74) is 8.91. The predicted octanol–water partition coefficient (Wildman–Crippen LogP) is 4.15. The SMILES string of the molecule is CCCC1CCCN(C(CN)c2ccc(CC)cc2)CC1. The van der Waals surface area contributed by atoms with Crippen molar-refractivity contribution in [2.75, 3.05) is 19.6 Å². The normalized spacial score (nSPS) is 22.0. The molecule has 0 aromatic heterocycles. The second-order valence-corrected chi connectivity index (χ2v) is 6.47. The molecular weight excluding hydrogens is 256 g/mol. The van der Waals surface area contributed by atoms with E-state index in [0.717, 1.165) is 18.9 Å². The van der Waals surface area contributed by atoms with Gasteiger partial charge in [0, 0.05) is 12.6 Å². The van der Waals surface area contributed by atoms with Crippen LogP contribution in [0.2, 0.25) is 0 Å². The van der Waals surface area contributed by atoms with E-state index in [0.29, 0.717) is 6.04 Å². The van der Waals surface area contributed by atoms with Crippen LogP contribution >= 0.6 is 0 Å². The molecule has 21 heavy (non-hydrogen) atoms. The largest absolute Gasteiger partial charge is 0.329 e. The summed E-state index contributed by atoms with van der Waals surface area (Å²) < 4.78 is 0. The van der Waals surface area contributed by atoms with Gasteiger partial charge in [-0.3, -0.25) is 4.90 Å². The van der Waals surface area contributed by atoms with E-state index >= 15 is 0 Å². The van der Waals surface area contributed by atoms with Gasteiger partial charge in [-0.25, -0.2) is 0 Å². The van der Waals surface area contributed by atoms with Crippen LogP contribution in [-0.2, 0) is 6.42 Å². The Bertz CT molecular complexity index is 399. The molecule has 1 aliphatic heterocycles. The summed E-state index contributed by atoms with van der Waals surface area (Å²) in [6.07, 6.45) is 7.90. The Morgan fingerprint density at radius 1 is 1.14 bits per heavy atom. The Balaban J connectivity index is 2.02. The van der Waals surface area contributed by atoms with Crippen LogP contribution in [0.15, 0.2) is 24.3 Å². The van der Waals surface area contributed by atoms with Crippen molar-refractivity contribution < 1.29 is 0 Å². The summed E-state index contributed by atoms with van der Waals surface area (Å²) in [4.78, 5) is 2.62.